The van der Waals surface area contributed by atoms with Crippen LogP contribution in [0.1, 0.15) is 22.3 Å². The maximum Gasteiger partial charge on any atom is 0.181 e. The molecule has 0 radical (unpaired) electrons. The molecule has 4 heterocycles. The molecule has 6 nitrogen and oxygen atoms in total. The number of aromatic nitrogens is 4. The Morgan fingerprint density at radius 1 is 0.431 bits per heavy atom. The fourth-order valence-corrected chi connectivity index (χ4v) is 7.86. The first-order chi connectivity index (χ1) is 25.3. The minimum Gasteiger partial charge on any atom is -0.442 e. The summed E-state index contributed by atoms with van der Waals surface area (Å²) in [4.78, 5) is 17.7. The van der Waals surface area contributed by atoms with Crippen molar-refractivity contribution in [3.8, 4) is 56.3 Å². The van der Waals surface area contributed by atoms with E-state index in [-0.39, 0.29) is 0 Å². The van der Waals surface area contributed by atoms with Gasteiger partial charge in [-0.05, 0) is 79.5 Å². The molecule has 0 N–H and O–H groups in total. The summed E-state index contributed by atoms with van der Waals surface area (Å²) >= 11 is 0. The molecule has 1 aliphatic carbocycles. The highest BCUT2D eigenvalue weighted by Crippen LogP contribution is 2.59. The summed E-state index contributed by atoms with van der Waals surface area (Å²) in [6, 6.07) is 48.0. The van der Waals surface area contributed by atoms with Crippen LogP contribution in [0, 0.1) is 0 Å². The first-order valence-electron chi connectivity index (χ1n) is 16.8. The summed E-state index contributed by atoms with van der Waals surface area (Å²) < 4.78 is 11.0. The lowest BCUT2D eigenvalue weighted by Crippen LogP contribution is -2.28. The van der Waals surface area contributed by atoms with Crippen LogP contribution in [0.5, 0.6) is 0 Å². The minimum absolute atomic E-state index is 0.609. The van der Waals surface area contributed by atoms with E-state index in [9.17, 15) is 0 Å². The third-order valence-electron chi connectivity index (χ3n) is 10.1. The lowest BCUT2D eigenvalue weighted by Gasteiger charge is -2.34. The number of hydrogen-bond acceptors (Lipinski definition) is 6. The van der Waals surface area contributed by atoms with Crippen molar-refractivity contribution in [2.75, 3.05) is 0 Å². The Morgan fingerprint density at radius 3 is 1.57 bits per heavy atom. The second-order valence-corrected chi connectivity index (χ2v) is 12.7. The standard InChI is InChI=1S/C45H28N4O2/c1-3-9-32(10-4-1)45(33-11-5-2-6-12-33)38-21-29(30-16-19-40(48-23-30)42-25-46-27-50-42)15-18-36(38)44-35-14-8-7-13-34(35)37(22-39(44)45)31-17-20-41(49-24-31)43-26-47-28-51-43/h1-28H. The first kappa shape index (κ1) is 29.0. The van der Waals surface area contributed by atoms with E-state index < -0.39 is 5.41 Å². The molecule has 0 atom stereocenters. The number of nitrogens with zero attached hydrogens (tertiary/aromatic N) is 4. The monoisotopic (exact) mass is 656 g/mol. The van der Waals surface area contributed by atoms with Crippen LogP contribution in [0.2, 0.25) is 0 Å². The third kappa shape index (κ3) is 4.50. The molecule has 10 rings (SSSR count). The van der Waals surface area contributed by atoms with Crippen LogP contribution < -0.4 is 0 Å². The van der Waals surface area contributed by atoms with E-state index in [0.717, 1.165) is 33.6 Å². The lowest BCUT2D eigenvalue weighted by molar-refractivity contribution is 0.569. The molecular weight excluding hydrogens is 629 g/mol. The number of rotatable bonds is 6. The number of oxazole rings is 2. The lowest BCUT2D eigenvalue weighted by atomic mass is 9.67. The molecule has 1 aliphatic rings. The molecule has 5 aromatic carbocycles. The molecule has 0 saturated heterocycles. The Balaban J connectivity index is 1.25. The molecule has 9 aromatic rings. The first-order valence-corrected chi connectivity index (χ1v) is 16.8. The van der Waals surface area contributed by atoms with Crippen LogP contribution in [-0.4, -0.2) is 19.9 Å². The second kappa shape index (κ2) is 11.6. The predicted octanol–water partition coefficient (Wildman–Crippen LogP) is 10.6. The van der Waals surface area contributed by atoms with E-state index in [4.69, 9.17) is 18.8 Å². The summed E-state index contributed by atoms with van der Waals surface area (Å²) in [7, 11) is 0. The molecule has 6 heteroatoms. The van der Waals surface area contributed by atoms with Crippen LogP contribution in [-0.2, 0) is 5.41 Å². The maximum atomic E-state index is 5.54. The van der Waals surface area contributed by atoms with Gasteiger partial charge in [0.05, 0.1) is 17.8 Å². The molecule has 0 saturated carbocycles. The van der Waals surface area contributed by atoms with Gasteiger partial charge in [-0.3, -0.25) is 9.97 Å². The van der Waals surface area contributed by atoms with Crippen LogP contribution in [0.4, 0.5) is 0 Å². The van der Waals surface area contributed by atoms with Gasteiger partial charge < -0.3 is 8.83 Å². The number of hydrogen-bond donors (Lipinski definition) is 0. The molecular formula is C45H28N4O2. The third-order valence-corrected chi connectivity index (χ3v) is 10.1. The van der Waals surface area contributed by atoms with E-state index in [2.05, 4.69) is 131 Å². The molecule has 0 amide bonds. The zero-order chi connectivity index (χ0) is 33.8. The number of benzene rings is 5. The molecule has 4 aromatic heterocycles. The summed E-state index contributed by atoms with van der Waals surface area (Å²) in [5.74, 6) is 1.28. The highest BCUT2D eigenvalue weighted by molar-refractivity contribution is 6.10. The van der Waals surface area contributed by atoms with Crippen molar-refractivity contribution in [2.24, 2.45) is 0 Å². The highest BCUT2D eigenvalue weighted by Gasteiger charge is 2.47. The normalized spacial score (nSPS) is 12.9. The van der Waals surface area contributed by atoms with E-state index >= 15 is 0 Å². The van der Waals surface area contributed by atoms with Gasteiger partial charge in [-0.1, -0.05) is 109 Å². The van der Waals surface area contributed by atoms with Crippen molar-refractivity contribution >= 4 is 10.8 Å². The second-order valence-electron chi connectivity index (χ2n) is 12.7. The van der Waals surface area contributed by atoms with E-state index in [1.54, 1.807) is 12.4 Å². The Kier molecular flexibility index (Phi) is 6.61. The van der Waals surface area contributed by atoms with Crippen molar-refractivity contribution in [3.05, 3.63) is 193 Å². The van der Waals surface area contributed by atoms with Gasteiger partial charge in [-0.25, -0.2) is 9.97 Å². The number of fused-ring (bicyclic) bond motifs is 5. The molecule has 51 heavy (non-hydrogen) atoms. The molecule has 0 aliphatic heterocycles. The quantitative estimate of drug-likeness (QED) is 0.177. The minimum atomic E-state index is -0.609. The fourth-order valence-electron chi connectivity index (χ4n) is 7.86. The Bertz CT molecular complexity index is 2610. The van der Waals surface area contributed by atoms with Crippen molar-refractivity contribution in [1.29, 1.82) is 0 Å². The molecule has 0 unspecified atom stereocenters. The van der Waals surface area contributed by atoms with Crippen molar-refractivity contribution in [2.45, 2.75) is 5.41 Å². The van der Waals surface area contributed by atoms with Gasteiger partial charge in [-0.15, -0.1) is 0 Å². The van der Waals surface area contributed by atoms with Gasteiger partial charge >= 0.3 is 0 Å². The van der Waals surface area contributed by atoms with Gasteiger partial charge in [0.15, 0.2) is 24.3 Å². The molecule has 0 bridgehead atoms. The smallest absolute Gasteiger partial charge is 0.181 e. The summed E-state index contributed by atoms with van der Waals surface area (Å²) in [6.07, 6.45) is 10.1. The predicted molar refractivity (Wildman–Crippen MR) is 199 cm³/mol. The summed E-state index contributed by atoms with van der Waals surface area (Å²) in [6.45, 7) is 0. The molecule has 0 spiro atoms. The van der Waals surface area contributed by atoms with Gasteiger partial charge in [0, 0.05) is 23.5 Å². The Morgan fingerprint density at radius 2 is 1.00 bits per heavy atom. The van der Waals surface area contributed by atoms with E-state index in [1.807, 2.05) is 24.5 Å². The zero-order valence-corrected chi connectivity index (χ0v) is 27.3. The Labute approximate surface area is 293 Å². The summed E-state index contributed by atoms with van der Waals surface area (Å²) in [5, 5.41) is 2.37. The fraction of sp³-hybridized carbons (Fsp3) is 0.0222. The van der Waals surface area contributed by atoms with Crippen molar-refractivity contribution < 1.29 is 8.83 Å². The average molecular weight is 657 g/mol. The van der Waals surface area contributed by atoms with Gasteiger partial charge in [0.2, 0.25) is 0 Å². The van der Waals surface area contributed by atoms with Crippen molar-refractivity contribution in [1.82, 2.24) is 19.9 Å². The summed E-state index contributed by atoms with van der Waals surface area (Å²) in [5.41, 5.74) is 12.5. The molecule has 240 valence electrons. The van der Waals surface area contributed by atoms with Gasteiger partial charge in [-0.2, -0.15) is 0 Å². The van der Waals surface area contributed by atoms with Gasteiger partial charge in [0.1, 0.15) is 11.4 Å². The average Bonchev–Trinajstić information content (AvgIpc) is 4.00. The van der Waals surface area contributed by atoms with Crippen LogP contribution in [0.15, 0.2) is 180 Å². The van der Waals surface area contributed by atoms with Gasteiger partial charge in [0.25, 0.3) is 0 Å². The number of pyridine rings is 2. The van der Waals surface area contributed by atoms with Crippen LogP contribution >= 0.6 is 0 Å². The van der Waals surface area contributed by atoms with Crippen LogP contribution in [0.3, 0.4) is 0 Å². The SMILES string of the molecule is c1ccc(C2(c3ccccc3)c3cc(-c4ccc(-c5cnco5)nc4)ccc3-c3c2cc(-c2ccc(-c4cnco4)nc2)c2ccccc32)cc1. The van der Waals surface area contributed by atoms with Crippen LogP contribution in [0.25, 0.3) is 67.1 Å². The topological polar surface area (TPSA) is 77.8 Å². The maximum absolute atomic E-state index is 5.54. The highest BCUT2D eigenvalue weighted by atomic mass is 16.3. The zero-order valence-electron chi connectivity index (χ0n) is 27.3. The van der Waals surface area contributed by atoms with Crippen molar-refractivity contribution in [3.63, 3.8) is 0 Å². The largest absolute Gasteiger partial charge is 0.442 e. The van der Waals surface area contributed by atoms with E-state index in [1.165, 1.54) is 56.9 Å². The molecule has 0 fully saturated rings. The van der Waals surface area contributed by atoms with E-state index in [0.29, 0.717) is 11.5 Å². The Hall–Kier alpha value is -6.92.